The lowest BCUT2D eigenvalue weighted by Crippen LogP contribution is -2.46. The molecule has 0 radical (unpaired) electrons. The number of amides is 1. The zero-order valence-corrected chi connectivity index (χ0v) is 11.2. The molecule has 1 aromatic heterocycles. The van der Waals surface area contributed by atoms with Crippen molar-refractivity contribution in [2.24, 2.45) is 5.92 Å². The number of nitrogens with zero attached hydrogens (tertiary/aromatic N) is 3. The Kier molecular flexibility index (Phi) is 3.25. The monoisotopic (exact) mass is 276 g/mol. The first kappa shape index (κ1) is 12.8. The molecule has 2 atom stereocenters. The van der Waals surface area contributed by atoms with E-state index in [4.69, 9.17) is 0 Å². The lowest BCUT2D eigenvalue weighted by Gasteiger charge is -2.36. The Bertz CT molecular complexity index is 531. The van der Waals surface area contributed by atoms with Crippen LogP contribution >= 0.6 is 0 Å². The van der Waals surface area contributed by atoms with Crippen LogP contribution in [0.3, 0.4) is 0 Å². The molecule has 2 saturated heterocycles. The molecule has 0 aromatic carbocycles. The average Bonchev–Trinajstić information content (AvgIpc) is 2.88. The standard InChI is InChI=1S/C13H16N4O3/c1-20-13(19)9-5-15-11(7-14-9)17-4-2-3-8-10(17)6-16-12(8)18/h5,7-8,10H,2-4,6H2,1H3,(H,16,18). The Balaban J connectivity index is 1.81. The van der Waals surface area contributed by atoms with Crippen LogP contribution in [0.25, 0.3) is 0 Å². The minimum Gasteiger partial charge on any atom is -0.464 e. The van der Waals surface area contributed by atoms with Gasteiger partial charge in [0, 0.05) is 13.1 Å². The van der Waals surface area contributed by atoms with Crippen LogP contribution in [0.15, 0.2) is 12.4 Å². The zero-order valence-electron chi connectivity index (χ0n) is 11.2. The van der Waals surface area contributed by atoms with Crippen LogP contribution in [0.5, 0.6) is 0 Å². The summed E-state index contributed by atoms with van der Waals surface area (Å²) >= 11 is 0. The maximum Gasteiger partial charge on any atom is 0.358 e. The van der Waals surface area contributed by atoms with Crippen molar-refractivity contribution in [3.05, 3.63) is 18.1 Å². The SMILES string of the molecule is COC(=O)c1cnc(N2CCCC3C(=O)NCC32)cn1. The highest BCUT2D eigenvalue weighted by atomic mass is 16.5. The normalized spacial score (nSPS) is 25.1. The van der Waals surface area contributed by atoms with E-state index in [0.29, 0.717) is 12.4 Å². The van der Waals surface area contributed by atoms with Crippen molar-refractivity contribution in [2.75, 3.05) is 25.1 Å². The molecule has 1 N–H and O–H groups in total. The number of hydrogen-bond acceptors (Lipinski definition) is 6. The molecule has 2 fully saturated rings. The second kappa shape index (κ2) is 5.07. The molecule has 0 aliphatic carbocycles. The molecule has 3 rings (SSSR count). The summed E-state index contributed by atoms with van der Waals surface area (Å²) in [7, 11) is 1.31. The molecular formula is C13H16N4O3. The van der Waals surface area contributed by atoms with Crippen LogP contribution in [-0.4, -0.2) is 48.1 Å². The van der Waals surface area contributed by atoms with Crippen molar-refractivity contribution in [3.63, 3.8) is 0 Å². The summed E-state index contributed by atoms with van der Waals surface area (Å²) in [6.07, 6.45) is 4.85. The number of hydrogen-bond donors (Lipinski definition) is 1. The van der Waals surface area contributed by atoms with Crippen molar-refractivity contribution >= 4 is 17.7 Å². The van der Waals surface area contributed by atoms with Gasteiger partial charge in [0.05, 0.1) is 31.5 Å². The fourth-order valence-electron chi connectivity index (χ4n) is 2.92. The molecule has 2 unspecified atom stereocenters. The predicted octanol–water partition coefficient (Wildman–Crippen LogP) is -0.0220. The minimum absolute atomic E-state index is 0.0332. The first-order valence-electron chi connectivity index (χ1n) is 6.65. The van der Waals surface area contributed by atoms with E-state index in [0.717, 1.165) is 19.4 Å². The number of carbonyl (C=O) groups is 2. The molecule has 7 nitrogen and oxygen atoms in total. The second-order valence-corrected chi connectivity index (χ2v) is 5.01. The number of piperidine rings is 1. The van der Waals surface area contributed by atoms with Gasteiger partial charge in [0.25, 0.3) is 0 Å². The molecule has 7 heteroatoms. The Hall–Kier alpha value is -2.18. The van der Waals surface area contributed by atoms with Gasteiger partial charge in [0.1, 0.15) is 5.82 Å². The molecule has 1 aromatic rings. The first-order valence-corrected chi connectivity index (χ1v) is 6.65. The first-order chi connectivity index (χ1) is 9.70. The van der Waals surface area contributed by atoms with Crippen molar-refractivity contribution in [1.82, 2.24) is 15.3 Å². The summed E-state index contributed by atoms with van der Waals surface area (Å²) in [6.45, 7) is 1.49. The number of ether oxygens (including phenoxy) is 1. The lowest BCUT2D eigenvalue weighted by atomic mass is 9.91. The van der Waals surface area contributed by atoms with Crippen molar-refractivity contribution in [2.45, 2.75) is 18.9 Å². The topological polar surface area (TPSA) is 84.4 Å². The Morgan fingerprint density at radius 3 is 3.00 bits per heavy atom. The molecule has 2 aliphatic heterocycles. The van der Waals surface area contributed by atoms with Gasteiger partial charge in [-0.2, -0.15) is 0 Å². The average molecular weight is 276 g/mol. The van der Waals surface area contributed by atoms with Crippen molar-refractivity contribution < 1.29 is 14.3 Å². The van der Waals surface area contributed by atoms with Gasteiger partial charge in [0.2, 0.25) is 5.91 Å². The number of anilines is 1. The summed E-state index contributed by atoms with van der Waals surface area (Å²) in [5.41, 5.74) is 0.186. The molecule has 1 amide bonds. The number of methoxy groups -OCH3 is 1. The van der Waals surface area contributed by atoms with Crippen LogP contribution in [0.2, 0.25) is 0 Å². The van der Waals surface area contributed by atoms with E-state index in [-0.39, 0.29) is 23.6 Å². The highest BCUT2D eigenvalue weighted by Crippen LogP contribution is 2.30. The third-order valence-electron chi connectivity index (χ3n) is 3.93. The number of nitrogens with one attached hydrogen (secondary N) is 1. The zero-order chi connectivity index (χ0) is 14.1. The lowest BCUT2D eigenvalue weighted by molar-refractivity contribution is -0.123. The number of esters is 1. The maximum absolute atomic E-state index is 11.7. The maximum atomic E-state index is 11.7. The number of aromatic nitrogens is 2. The minimum atomic E-state index is -0.502. The van der Waals surface area contributed by atoms with E-state index in [2.05, 4.69) is 24.9 Å². The molecule has 3 heterocycles. The van der Waals surface area contributed by atoms with Gasteiger partial charge in [-0.05, 0) is 12.8 Å². The number of fused-ring (bicyclic) bond motifs is 1. The van der Waals surface area contributed by atoms with Crippen LogP contribution in [0.4, 0.5) is 5.82 Å². The van der Waals surface area contributed by atoms with Crippen LogP contribution in [0, 0.1) is 5.92 Å². The molecule has 2 aliphatic rings. The van der Waals surface area contributed by atoms with E-state index < -0.39 is 5.97 Å². The molecular weight excluding hydrogens is 260 g/mol. The van der Waals surface area contributed by atoms with E-state index in [1.807, 2.05) is 0 Å². The van der Waals surface area contributed by atoms with Crippen LogP contribution in [-0.2, 0) is 9.53 Å². The van der Waals surface area contributed by atoms with E-state index in [1.54, 1.807) is 6.20 Å². The van der Waals surface area contributed by atoms with Gasteiger partial charge in [-0.15, -0.1) is 0 Å². The summed E-state index contributed by atoms with van der Waals surface area (Å²) < 4.78 is 4.60. The smallest absolute Gasteiger partial charge is 0.358 e. The van der Waals surface area contributed by atoms with Gasteiger partial charge in [0.15, 0.2) is 5.69 Å². The van der Waals surface area contributed by atoms with E-state index >= 15 is 0 Å². The highest BCUT2D eigenvalue weighted by Gasteiger charge is 2.41. The molecule has 0 bridgehead atoms. The molecule has 20 heavy (non-hydrogen) atoms. The largest absolute Gasteiger partial charge is 0.464 e. The quantitative estimate of drug-likeness (QED) is 0.764. The highest BCUT2D eigenvalue weighted by molar-refractivity contribution is 5.87. The molecule has 0 spiro atoms. The second-order valence-electron chi connectivity index (χ2n) is 5.01. The Morgan fingerprint density at radius 1 is 1.45 bits per heavy atom. The number of carbonyl (C=O) groups excluding carboxylic acids is 2. The Labute approximate surface area is 116 Å². The van der Waals surface area contributed by atoms with Gasteiger partial charge < -0.3 is 15.0 Å². The summed E-state index contributed by atoms with van der Waals surface area (Å²) in [5, 5.41) is 2.90. The molecule has 0 saturated carbocycles. The molecule has 106 valence electrons. The van der Waals surface area contributed by atoms with E-state index in [9.17, 15) is 9.59 Å². The van der Waals surface area contributed by atoms with Gasteiger partial charge >= 0.3 is 5.97 Å². The fourth-order valence-corrected chi connectivity index (χ4v) is 2.92. The van der Waals surface area contributed by atoms with Crippen LogP contribution < -0.4 is 10.2 Å². The third kappa shape index (κ3) is 2.09. The fraction of sp³-hybridized carbons (Fsp3) is 0.538. The van der Waals surface area contributed by atoms with Gasteiger partial charge in [-0.3, -0.25) is 4.79 Å². The van der Waals surface area contributed by atoms with Gasteiger partial charge in [-0.25, -0.2) is 14.8 Å². The van der Waals surface area contributed by atoms with Gasteiger partial charge in [-0.1, -0.05) is 0 Å². The predicted molar refractivity (Wildman–Crippen MR) is 70.2 cm³/mol. The number of rotatable bonds is 2. The van der Waals surface area contributed by atoms with Crippen LogP contribution in [0.1, 0.15) is 23.3 Å². The summed E-state index contributed by atoms with van der Waals surface area (Å²) in [5.74, 6) is 0.354. The van der Waals surface area contributed by atoms with Crippen molar-refractivity contribution in [3.8, 4) is 0 Å². The van der Waals surface area contributed by atoms with Crippen molar-refractivity contribution in [1.29, 1.82) is 0 Å². The summed E-state index contributed by atoms with van der Waals surface area (Å²) in [6, 6.07) is 0.134. The van der Waals surface area contributed by atoms with E-state index in [1.165, 1.54) is 13.3 Å². The Morgan fingerprint density at radius 2 is 2.30 bits per heavy atom. The summed E-state index contributed by atoms with van der Waals surface area (Å²) in [4.78, 5) is 33.5. The third-order valence-corrected chi connectivity index (χ3v) is 3.93.